The first-order valence-corrected chi connectivity index (χ1v) is 9.65. The van der Waals surface area contributed by atoms with Gasteiger partial charge in [0.05, 0.1) is 18.6 Å². The predicted molar refractivity (Wildman–Crippen MR) is 94.5 cm³/mol. The van der Waals surface area contributed by atoms with Gasteiger partial charge in [0.1, 0.15) is 4.88 Å². The van der Waals surface area contributed by atoms with Gasteiger partial charge in [-0.25, -0.2) is 17.9 Å². The summed E-state index contributed by atoms with van der Waals surface area (Å²) in [7, 11) is -0.772. The Labute approximate surface area is 152 Å². The number of thiophene rings is 1. The van der Waals surface area contributed by atoms with Gasteiger partial charge in [-0.15, -0.1) is 23.7 Å². The first-order chi connectivity index (χ1) is 10.9. The molecule has 138 valence electrons. The van der Waals surface area contributed by atoms with Crippen LogP contribution in [0.15, 0.2) is 16.3 Å². The van der Waals surface area contributed by atoms with Crippen molar-refractivity contribution in [2.45, 2.75) is 17.7 Å². The van der Waals surface area contributed by atoms with Crippen LogP contribution in [0, 0.1) is 5.41 Å². The minimum Gasteiger partial charge on any atom is -0.465 e. The summed E-state index contributed by atoms with van der Waals surface area (Å²) in [4.78, 5) is 11.8. The summed E-state index contributed by atoms with van der Waals surface area (Å²) in [6, 6.07) is 1.34. The summed E-state index contributed by atoms with van der Waals surface area (Å²) in [5.41, 5.74) is -0.200. The van der Waals surface area contributed by atoms with Gasteiger partial charge < -0.3 is 14.8 Å². The zero-order valence-corrected chi connectivity index (χ0v) is 16.1. The van der Waals surface area contributed by atoms with Crippen LogP contribution < -0.4 is 10.0 Å². The molecule has 0 spiro atoms. The van der Waals surface area contributed by atoms with E-state index in [9.17, 15) is 13.2 Å². The van der Waals surface area contributed by atoms with Crippen LogP contribution in [0.2, 0.25) is 0 Å². The van der Waals surface area contributed by atoms with Crippen molar-refractivity contribution < 1.29 is 22.7 Å². The fourth-order valence-electron chi connectivity index (χ4n) is 2.63. The largest absolute Gasteiger partial charge is 0.465 e. The third-order valence-corrected chi connectivity index (χ3v) is 6.46. The number of rotatable bonds is 7. The molecule has 0 radical (unpaired) electrons. The maximum absolute atomic E-state index is 12.4. The normalized spacial score (nSPS) is 17.1. The van der Waals surface area contributed by atoms with Crippen molar-refractivity contribution in [1.29, 1.82) is 0 Å². The molecule has 0 bridgehead atoms. The molecule has 1 aliphatic rings. The van der Waals surface area contributed by atoms with Crippen molar-refractivity contribution in [1.82, 2.24) is 10.0 Å². The lowest BCUT2D eigenvalue weighted by molar-refractivity contribution is 0.0577. The molecule has 1 aromatic heterocycles. The Morgan fingerprint density at radius 2 is 2.04 bits per heavy atom. The number of esters is 1. The summed E-state index contributed by atoms with van der Waals surface area (Å²) in [6.45, 7) is 2.51. The fourth-order valence-corrected chi connectivity index (χ4v) is 4.98. The molecule has 2 rings (SSSR count). The molecule has 0 saturated carbocycles. The molecule has 7 nitrogen and oxygen atoms in total. The van der Waals surface area contributed by atoms with Crippen LogP contribution in [0.5, 0.6) is 0 Å². The van der Waals surface area contributed by atoms with E-state index in [1.165, 1.54) is 18.6 Å². The number of halogens is 1. The number of ether oxygens (including phenoxy) is 2. The highest BCUT2D eigenvalue weighted by Crippen LogP contribution is 2.29. The van der Waals surface area contributed by atoms with Crippen molar-refractivity contribution >= 4 is 39.7 Å². The molecule has 1 aliphatic heterocycles. The average Bonchev–Trinajstić information content (AvgIpc) is 3.05. The highest BCUT2D eigenvalue weighted by atomic mass is 35.5. The van der Waals surface area contributed by atoms with Crippen LogP contribution in [-0.2, 0) is 19.5 Å². The highest BCUT2D eigenvalue weighted by Gasteiger charge is 2.33. The SMILES string of the molecule is COCC1(CNS(=O)(=O)c2csc(C(=O)OC)c2)CCNCC1.Cl. The number of methoxy groups -OCH3 is 2. The van der Waals surface area contributed by atoms with E-state index < -0.39 is 16.0 Å². The zero-order valence-electron chi connectivity index (χ0n) is 13.7. The van der Waals surface area contributed by atoms with E-state index in [2.05, 4.69) is 14.8 Å². The molecule has 10 heteroatoms. The van der Waals surface area contributed by atoms with Gasteiger partial charge in [-0.05, 0) is 32.0 Å². The van der Waals surface area contributed by atoms with E-state index in [4.69, 9.17) is 4.74 Å². The minimum atomic E-state index is -3.66. The molecule has 0 amide bonds. The van der Waals surface area contributed by atoms with E-state index in [1.807, 2.05) is 0 Å². The van der Waals surface area contributed by atoms with Crippen molar-refractivity contribution in [3.63, 3.8) is 0 Å². The summed E-state index contributed by atoms with van der Waals surface area (Å²) in [6.07, 6.45) is 1.70. The first-order valence-electron chi connectivity index (χ1n) is 7.29. The fraction of sp³-hybridized carbons (Fsp3) is 0.643. The maximum atomic E-state index is 12.4. The van der Waals surface area contributed by atoms with Gasteiger partial charge in [0, 0.05) is 24.4 Å². The molecule has 1 fully saturated rings. The van der Waals surface area contributed by atoms with Crippen LogP contribution in [0.4, 0.5) is 0 Å². The summed E-state index contributed by atoms with van der Waals surface area (Å²) in [5, 5.41) is 4.71. The summed E-state index contributed by atoms with van der Waals surface area (Å²) >= 11 is 1.05. The van der Waals surface area contributed by atoms with Gasteiger partial charge in [0.25, 0.3) is 0 Å². The molecule has 0 aliphatic carbocycles. The predicted octanol–water partition coefficient (Wildman–Crippen LogP) is 1.25. The van der Waals surface area contributed by atoms with E-state index >= 15 is 0 Å². The quantitative estimate of drug-likeness (QED) is 0.671. The van der Waals surface area contributed by atoms with Gasteiger partial charge in [-0.3, -0.25) is 0 Å². The van der Waals surface area contributed by atoms with E-state index in [-0.39, 0.29) is 27.6 Å². The van der Waals surface area contributed by atoms with Crippen LogP contribution >= 0.6 is 23.7 Å². The summed E-state index contributed by atoms with van der Waals surface area (Å²) in [5.74, 6) is -0.536. The first kappa shape index (κ1) is 21.3. The monoisotopic (exact) mass is 398 g/mol. The van der Waals surface area contributed by atoms with Gasteiger partial charge in [0.15, 0.2) is 0 Å². The van der Waals surface area contributed by atoms with Crippen LogP contribution in [0.1, 0.15) is 22.5 Å². The Hall–Kier alpha value is -0.710. The van der Waals surface area contributed by atoms with Crippen LogP contribution in [-0.4, -0.2) is 54.8 Å². The Morgan fingerprint density at radius 1 is 1.38 bits per heavy atom. The van der Waals surface area contributed by atoms with Gasteiger partial charge >= 0.3 is 5.97 Å². The number of hydrogen-bond acceptors (Lipinski definition) is 7. The van der Waals surface area contributed by atoms with Crippen LogP contribution in [0.25, 0.3) is 0 Å². The third-order valence-electron chi connectivity index (χ3n) is 4.02. The van der Waals surface area contributed by atoms with Crippen molar-refractivity contribution in [3.8, 4) is 0 Å². The molecular formula is C14H23ClN2O5S2. The number of carbonyl (C=O) groups excluding carboxylic acids is 1. The Balaban J connectivity index is 0.00000288. The molecule has 0 atom stereocenters. The van der Waals surface area contributed by atoms with E-state index in [0.717, 1.165) is 37.3 Å². The standard InChI is InChI=1S/C14H22N2O5S2.ClH/c1-20-10-14(3-5-15-6-4-14)9-16-23(18,19)11-7-12(22-8-11)13(17)21-2;/h7-8,15-16H,3-6,9-10H2,1-2H3;1H. The van der Waals surface area contributed by atoms with Gasteiger partial charge in [-0.2, -0.15) is 0 Å². The lowest BCUT2D eigenvalue weighted by Crippen LogP contribution is -2.47. The second kappa shape index (κ2) is 9.12. The molecule has 24 heavy (non-hydrogen) atoms. The third kappa shape index (κ3) is 5.14. The van der Waals surface area contributed by atoms with Crippen molar-refractivity contribution in [2.24, 2.45) is 5.41 Å². The number of nitrogens with one attached hydrogen (secondary N) is 2. The van der Waals surface area contributed by atoms with Gasteiger partial charge in [-0.1, -0.05) is 0 Å². The number of sulfonamides is 1. The Bertz CT molecular complexity index is 636. The van der Waals surface area contributed by atoms with E-state index in [0.29, 0.717) is 13.2 Å². The number of piperidine rings is 1. The maximum Gasteiger partial charge on any atom is 0.348 e. The molecule has 2 N–H and O–H groups in total. The minimum absolute atomic E-state index is 0. The topological polar surface area (TPSA) is 93.7 Å². The van der Waals surface area contributed by atoms with Crippen LogP contribution in [0.3, 0.4) is 0 Å². The molecular weight excluding hydrogens is 376 g/mol. The molecule has 1 aromatic rings. The Morgan fingerprint density at radius 3 is 2.62 bits per heavy atom. The van der Waals surface area contributed by atoms with Crippen molar-refractivity contribution in [2.75, 3.05) is 40.5 Å². The molecule has 2 heterocycles. The van der Waals surface area contributed by atoms with Gasteiger partial charge in [0.2, 0.25) is 10.0 Å². The average molecular weight is 399 g/mol. The second-order valence-corrected chi connectivity index (χ2v) is 8.32. The molecule has 0 unspecified atom stereocenters. The second-order valence-electron chi connectivity index (χ2n) is 5.65. The Kier molecular flexibility index (Phi) is 8.10. The highest BCUT2D eigenvalue weighted by molar-refractivity contribution is 7.89. The van der Waals surface area contributed by atoms with E-state index in [1.54, 1.807) is 7.11 Å². The molecule has 1 saturated heterocycles. The smallest absolute Gasteiger partial charge is 0.348 e. The molecule has 0 aromatic carbocycles. The lowest BCUT2D eigenvalue weighted by Gasteiger charge is -2.37. The lowest BCUT2D eigenvalue weighted by atomic mass is 9.80. The number of hydrogen-bond donors (Lipinski definition) is 2. The summed E-state index contributed by atoms with van der Waals surface area (Å²) < 4.78 is 37.4. The van der Waals surface area contributed by atoms with Crippen molar-refractivity contribution in [3.05, 3.63) is 16.3 Å². The zero-order chi connectivity index (χ0) is 16.9. The number of carbonyl (C=O) groups is 1.